The fraction of sp³-hybridized carbons (Fsp3) is 0.778. The molecule has 0 saturated heterocycles. The third kappa shape index (κ3) is 7.75. The van der Waals surface area contributed by atoms with Crippen LogP contribution in [0.3, 0.4) is 0 Å². The Morgan fingerprint density at radius 2 is 2.20 bits per heavy atom. The van der Waals surface area contributed by atoms with Gasteiger partial charge in [-0.2, -0.15) is 0 Å². The molecule has 0 aromatic rings. The zero-order chi connectivity index (χ0) is 11.7. The minimum Gasteiger partial charge on any atom is -0.480 e. The Bertz CT molecular complexity index is 214. The molecular formula is C9H20N4O2. The summed E-state index contributed by atoms with van der Waals surface area (Å²) in [6.45, 7) is 3.17. The molecule has 0 heterocycles. The average molecular weight is 216 g/mol. The summed E-state index contributed by atoms with van der Waals surface area (Å²) in [6.07, 6.45) is 2.11. The maximum Gasteiger partial charge on any atom is 0.320 e. The number of carboxylic acids is 1. The van der Waals surface area contributed by atoms with Gasteiger partial charge in [0.25, 0.3) is 0 Å². The Morgan fingerprint density at radius 1 is 1.53 bits per heavy atom. The van der Waals surface area contributed by atoms with E-state index in [2.05, 4.69) is 10.3 Å². The minimum absolute atomic E-state index is 0.0448. The van der Waals surface area contributed by atoms with Crippen LogP contribution < -0.4 is 16.8 Å². The second-order valence-corrected chi connectivity index (χ2v) is 3.29. The summed E-state index contributed by atoms with van der Waals surface area (Å²) >= 11 is 0. The first-order valence-electron chi connectivity index (χ1n) is 5.09. The number of nitrogens with one attached hydrogen (secondary N) is 1. The predicted octanol–water partition coefficient (Wildman–Crippen LogP) is -0.507. The predicted molar refractivity (Wildman–Crippen MR) is 59.6 cm³/mol. The molecular weight excluding hydrogens is 196 g/mol. The van der Waals surface area contributed by atoms with E-state index in [0.717, 1.165) is 6.42 Å². The Hall–Kier alpha value is -1.30. The van der Waals surface area contributed by atoms with Gasteiger partial charge in [-0.25, -0.2) is 0 Å². The van der Waals surface area contributed by atoms with E-state index >= 15 is 0 Å². The molecule has 1 atom stereocenters. The number of carbonyl (C=O) groups is 1. The average Bonchev–Trinajstić information content (AvgIpc) is 2.15. The summed E-state index contributed by atoms with van der Waals surface area (Å²) in [5.41, 5.74) is 10.3. The van der Waals surface area contributed by atoms with Crippen molar-refractivity contribution in [1.29, 1.82) is 0 Å². The van der Waals surface area contributed by atoms with Crippen LogP contribution in [0.1, 0.15) is 26.2 Å². The Morgan fingerprint density at radius 3 is 2.67 bits per heavy atom. The highest BCUT2D eigenvalue weighted by atomic mass is 16.4. The van der Waals surface area contributed by atoms with Crippen LogP contribution >= 0.6 is 0 Å². The standard InChI is InChI=1S/C9H20N4O2/c1-2-5-12-7(8(14)15)4-3-6-13-9(10)11/h7,12H,2-6H2,1H3,(H,14,15)(H4,10,11,13)/t7-/m1/s1. The fourth-order valence-corrected chi connectivity index (χ4v) is 1.13. The van der Waals surface area contributed by atoms with Crippen molar-refractivity contribution in [3.8, 4) is 0 Å². The number of carboxylic acid groups (broad SMARTS) is 1. The minimum atomic E-state index is -0.826. The van der Waals surface area contributed by atoms with Crippen molar-refractivity contribution >= 4 is 11.9 Å². The summed E-state index contributed by atoms with van der Waals surface area (Å²) < 4.78 is 0. The van der Waals surface area contributed by atoms with Gasteiger partial charge < -0.3 is 21.9 Å². The van der Waals surface area contributed by atoms with Crippen LogP contribution in [0.25, 0.3) is 0 Å². The van der Waals surface area contributed by atoms with E-state index in [1.165, 1.54) is 0 Å². The van der Waals surface area contributed by atoms with E-state index in [0.29, 0.717) is 25.9 Å². The molecule has 6 nitrogen and oxygen atoms in total. The molecule has 0 aliphatic heterocycles. The van der Waals surface area contributed by atoms with Gasteiger partial charge in [0.05, 0.1) is 0 Å². The molecule has 15 heavy (non-hydrogen) atoms. The number of aliphatic carboxylic acids is 1. The molecule has 0 aromatic carbocycles. The number of hydrogen-bond acceptors (Lipinski definition) is 3. The monoisotopic (exact) mass is 216 g/mol. The van der Waals surface area contributed by atoms with Crippen LogP contribution in [0.2, 0.25) is 0 Å². The molecule has 0 rings (SSSR count). The van der Waals surface area contributed by atoms with Crippen molar-refractivity contribution in [1.82, 2.24) is 5.32 Å². The molecule has 6 N–H and O–H groups in total. The third-order valence-corrected chi connectivity index (χ3v) is 1.88. The van der Waals surface area contributed by atoms with E-state index in [4.69, 9.17) is 16.6 Å². The van der Waals surface area contributed by atoms with Crippen molar-refractivity contribution in [2.75, 3.05) is 13.1 Å². The quantitative estimate of drug-likeness (QED) is 0.248. The lowest BCUT2D eigenvalue weighted by Crippen LogP contribution is -2.37. The summed E-state index contributed by atoms with van der Waals surface area (Å²) in [6, 6.07) is -0.501. The van der Waals surface area contributed by atoms with E-state index in [9.17, 15) is 4.79 Å². The highest BCUT2D eigenvalue weighted by Crippen LogP contribution is 1.98. The first-order chi connectivity index (χ1) is 7.07. The Balaban J connectivity index is 3.76. The van der Waals surface area contributed by atoms with Gasteiger partial charge in [-0.3, -0.25) is 9.79 Å². The lowest BCUT2D eigenvalue weighted by atomic mass is 10.1. The zero-order valence-electron chi connectivity index (χ0n) is 9.07. The van der Waals surface area contributed by atoms with Crippen molar-refractivity contribution in [2.24, 2.45) is 16.5 Å². The molecule has 0 spiro atoms. The van der Waals surface area contributed by atoms with Gasteiger partial charge in [-0.15, -0.1) is 0 Å². The van der Waals surface area contributed by atoms with E-state index in [1.54, 1.807) is 0 Å². The van der Waals surface area contributed by atoms with Crippen LogP contribution in [0.4, 0.5) is 0 Å². The summed E-state index contributed by atoms with van der Waals surface area (Å²) in [5.74, 6) is -0.781. The van der Waals surface area contributed by atoms with E-state index in [-0.39, 0.29) is 5.96 Å². The second-order valence-electron chi connectivity index (χ2n) is 3.29. The lowest BCUT2D eigenvalue weighted by Gasteiger charge is -2.12. The SMILES string of the molecule is CCCN[C@H](CCCN=C(N)N)C(=O)O. The highest BCUT2D eigenvalue weighted by molar-refractivity contribution is 5.75. The molecule has 0 aromatic heterocycles. The largest absolute Gasteiger partial charge is 0.480 e. The lowest BCUT2D eigenvalue weighted by molar-refractivity contribution is -0.139. The fourth-order valence-electron chi connectivity index (χ4n) is 1.13. The van der Waals surface area contributed by atoms with Crippen molar-refractivity contribution in [2.45, 2.75) is 32.2 Å². The van der Waals surface area contributed by atoms with Gasteiger partial charge in [-0.1, -0.05) is 6.92 Å². The van der Waals surface area contributed by atoms with E-state index in [1.807, 2.05) is 6.92 Å². The van der Waals surface area contributed by atoms with Crippen LogP contribution in [0.5, 0.6) is 0 Å². The van der Waals surface area contributed by atoms with Crippen LogP contribution in [-0.2, 0) is 4.79 Å². The Kier molecular flexibility index (Phi) is 7.35. The Labute approximate surface area is 89.7 Å². The number of nitrogens with zero attached hydrogens (tertiary/aromatic N) is 1. The smallest absolute Gasteiger partial charge is 0.320 e. The van der Waals surface area contributed by atoms with Gasteiger partial charge >= 0.3 is 5.97 Å². The molecule has 0 aliphatic carbocycles. The number of rotatable bonds is 8. The zero-order valence-corrected chi connectivity index (χ0v) is 9.07. The topological polar surface area (TPSA) is 114 Å². The van der Waals surface area contributed by atoms with Crippen LogP contribution in [0, 0.1) is 0 Å². The normalized spacial score (nSPS) is 12.1. The number of nitrogens with two attached hydrogens (primary N) is 2. The molecule has 0 bridgehead atoms. The molecule has 0 aliphatic rings. The first kappa shape index (κ1) is 13.7. The van der Waals surface area contributed by atoms with Crippen molar-refractivity contribution in [3.63, 3.8) is 0 Å². The summed E-state index contributed by atoms with van der Waals surface area (Å²) in [7, 11) is 0. The molecule has 0 fully saturated rings. The number of aliphatic imine (C=N–C) groups is 1. The van der Waals surface area contributed by atoms with Crippen LogP contribution in [0.15, 0.2) is 4.99 Å². The van der Waals surface area contributed by atoms with Gasteiger partial charge in [-0.05, 0) is 25.8 Å². The van der Waals surface area contributed by atoms with Gasteiger partial charge in [0.2, 0.25) is 0 Å². The number of hydrogen-bond donors (Lipinski definition) is 4. The number of guanidine groups is 1. The first-order valence-corrected chi connectivity index (χ1v) is 5.09. The molecule has 0 saturated carbocycles. The third-order valence-electron chi connectivity index (χ3n) is 1.88. The molecule has 0 amide bonds. The second kappa shape index (κ2) is 8.05. The maximum atomic E-state index is 10.8. The summed E-state index contributed by atoms with van der Waals surface area (Å²) in [5, 5.41) is 11.8. The summed E-state index contributed by atoms with van der Waals surface area (Å²) in [4.78, 5) is 14.6. The molecule has 0 unspecified atom stereocenters. The van der Waals surface area contributed by atoms with Gasteiger partial charge in [0.15, 0.2) is 5.96 Å². The van der Waals surface area contributed by atoms with Crippen molar-refractivity contribution in [3.05, 3.63) is 0 Å². The van der Waals surface area contributed by atoms with E-state index < -0.39 is 12.0 Å². The maximum absolute atomic E-state index is 10.8. The molecule has 88 valence electrons. The van der Waals surface area contributed by atoms with Gasteiger partial charge in [0, 0.05) is 6.54 Å². The molecule has 6 heteroatoms. The highest BCUT2D eigenvalue weighted by Gasteiger charge is 2.14. The molecule has 0 radical (unpaired) electrons. The van der Waals surface area contributed by atoms with Gasteiger partial charge in [0.1, 0.15) is 6.04 Å². The van der Waals surface area contributed by atoms with Crippen LogP contribution in [-0.4, -0.2) is 36.2 Å². The van der Waals surface area contributed by atoms with Crippen molar-refractivity contribution < 1.29 is 9.90 Å².